The van der Waals surface area contributed by atoms with Crippen molar-refractivity contribution in [1.29, 1.82) is 0 Å². The molecule has 0 bridgehead atoms. The predicted octanol–water partition coefficient (Wildman–Crippen LogP) is 4.35. The van der Waals surface area contributed by atoms with Crippen LogP contribution in [0.25, 0.3) is 0 Å². The van der Waals surface area contributed by atoms with Gasteiger partial charge in [0, 0.05) is 16.1 Å². The van der Waals surface area contributed by atoms with Gasteiger partial charge in [0.05, 0.1) is 30.7 Å². The summed E-state index contributed by atoms with van der Waals surface area (Å²) in [6.45, 7) is 1.89. The van der Waals surface area contributed by atoms with E-state index in [0.717, 1.165) is 10.5 Å². The standard InChI is InChI=1S/C28H20ClNO6/c1-14-6-5-7-15(12-14)23-21-22(28(36-23)24(31)17-8-3-4-9-18(17)25(28)32)27(34)30(26(21)33)19-13-16(29)10-11-20(19)35-2/h3-13,21-23H,1-2H3/t21-,22+,23-/m0/s1. The molecule has 1 aliphatic carbocycles. The molecule has 0 aromatic heterocycles. The number of anilines is 1. The maximum absolute atomic E-state index is 14.0. The highest BCUT2D eigenvalue weighted by molar-refractivity contribution is 6.37. The SMILES string of the molecule is COc1ccc(Cl)cc1N1C(=O)[C@@H]2[C@H](c3cccc(C)c3)OC3(C(=O)c4ccccc4C3=O)[C@H]2C1=O. The van der Waals surface area contributed by atoms with Crippen LogP contribution in [0, 0.1) is 18.8 Å². The highest BCUT2D eigenvalue weighted by Crippen LogP contribution is 2.58. The van der Waals surface area contributed by atoms with Crippen molar-refractivity contribution in [3.05, 3.63) is 94.0 Å². The van der Waals surface area contributed by atoms with Gasteiger partial charge in [0.15, 0.2) is 0 Å². The highest BCUT2D eigenvalue weighted by atomic mass is 35.5. The van der Waals surface area contributed by atoms with E-state index in [1.165, 1.54) is 13.2 Å². The lowest BCUT2D eigenvalue weighted by Crippen LogP contribution is -2.51. The molecule has 8 heteroatoms. The van der Waals surface area contributed by atoms with E-state index in [1.807, 2.05) is 19.1 Å². The molecule has 3 atom stereocenters. The number of halogens is 1. The van der Waals surface area contributed by atoms with Crippen LogP contribution in [0.2, 0.25) is 5.02 Å². The molecule has 2 amide bonds. The molecule has 2 aliphatic heterocycles. The van der Waals surface area contributed by atoms with Crippen LogP contribution in [0.15, 0.2) is 66.7 Å². The monoisotopic (exact) mass is 501 g/mol. The molecule has 0 unspecified atom stereocenters. The minimum Gasteiger partial charge on any atom is -0.495 e. The first kappa shape index (κ1) is 22.6. The van der Waals surface area contributed by atoms with Crippen LogP contribution in [0.1, 0.15) is 37.9 Å². The zero-order valence-electron chi connectivity index (χ0n) is 19.4. The predicted molar refractivity (Wildman–Crippen MR) is 130 cm³/mol. The number of aryl methyl sites for hydroxylation is 1. The summed E-state index contributed by atoms with van der Waals surface area (Å²) < 4.78 is 11.7. The Hall–Kier alpha value is -3.81. The molecule has 0 N–H and O–H groups in total. The lowest BCUT2D eigenvalue weighted by atomic mass is 9.77. The average molecular weight is 502 g/mol. The molecule has 0 saturated carbocycles. The molecule has 2 saturated heterocycles. The number of nitrogens with zero attached hydrogens (tertiary/aromatic N) is 1. The minimum atomic E-state index is -2.13. The number of benzene rings is 3. The molecular formula is C28H20ClNO6. The number of Topliss-reactive ketones (excluding diaryl/α,β-unsaturated/α-hetero) is 2. The van der Waals surface area contributed by atoms with Crippen molar-refractivity contribution >= 4 is 40.7 Å². The molecule has 0 radical (unpaired) electrons. The number of fused-ring (bicyclic) bond motifs is 3. The van der Waals surface area contributed by atoms with Gasteiger partial charge in [-0.3, -0.25) is 19.2 Å². The Morgan fingerprint density at radius 2 is 1.58 bits per heavy atom. The molecule has 2 heterocycles. The van der Waals surface area contributed by atoms with Gasteiger partial charge >= 0.3 is 0 Å². The number of ketones is 2. The number of hydrogen-bond acceptors (Lipinski definition) is 6. The Labute approximate surface area is 211 Å². The molecule has 180 valence electrons. The fraction of sp³-hybridized carbons (Fsp3) is 0.214. The van der Waals surface area contributed by atoms with Gasteiger partial charge in [-0.15, -0.1) is 0 Å². The Kier molecular flexibility index (Phi) is 4.94. The summed E-state index contributed by atoms with van der Waals surface area (Å²) >= 11 is 6.20. The van der Waals surface area contributed by atoms with Crippen molar-refractivity contribution in [1.82, 2.24) is 0 Å². The third-order valence-corrected chi connectivity index (χ3v) is 7.51. The molecule has 36 heavy (non-hydrogen) atoms. The van der Waals surface area contributed by atoms with Gasteiger partial charge in [0.25, 0.3) is 0 Å². The normalized spacial score (nSPS) is 24.0. The number of carbonyl (C=O) groups is 4. The van der Waals surface area contributed by atoms with Crippen LogP contribution in [-0.2, 0) is 14.3 Å². The molecular weight excluding hydrogens is 482 g/mol. The summed E-state index contributed by atoms with van der Waals surface area (Å²) in [4.78, 5) is 56.6. The van der Waals surface area contributed by atoms with Crippen molar-refractivity contribution in [2.24, 2.45) is 11.8 Å². The van der Waals surface area contributed by atoms with E-state index in [4.69, 9.17) is 21.1 Å². The second kappa shape index (κ2) is 7.85. The quantitative estimate of drug-likeness (QED) is 0.391. The fourth-order valence-electron chi connectivity index (χ4n) is 5.74. The zero-order chi connectivity index (χ0) is 25.4. The average Bonchev–Trinajstić information content (AvgIpc) is 3.44. The molecule has 3 aliphatic rings. The first-order valence-corrected chi connectivity index (χ1v) is 11.8. The number of methoxy groups -OCH3 is 1. The first-order valence-electron chi connectivity index (χ1n) is 11.4. The maximum Gasteiger partial charge on any atom is 0.241 e. The molecule has 2 fully saturated rings. The van der Waals surface area contributed by atoms with Crippen molar-refractivity contribution in [3.8, 4) is 5.75 Å². The summed E-state index contributed by atoms with van der Waals surface area (Å²) in [5.41, 5.74) is -0.0836. The Morgan fingerprint density at radius 3 is 2.22 bits per heavy atom. The van der Waals surface area contributed by atoms with Crippen LogP contribution in [-0.4, -0.2) is 36.1 Å². The zero-order valence-corrected chi connectivity index (χ0v) is 20.1. The van der Waals surface area contributed by atoms with E-state index in [-0.39, 0.29) is 22.6 Å². The number of ether oxygens (including phenoxy) is 2. The number of rotatable bonds is 3. The maximum atomic E-state index is 14.0. The molecule has 1 spiro atoms. The number of hydrogen-bond donors (Lipinski definition) is 0. The number of amides is 2. The van der Waals surface area contributed by atoms with E-state index < -0.39 is 46.9 Å². The Bertz CT molecular complexity index is 1460. The molecule has 6 rings (SSSR count). The van der Waals surface area contributed by atoms with Crippen molar-refractivity contribution < 1.29 is 28.7 Å². The van der Waals surface area contributed by atoms with E-state index >= 15 is 0 Å². The second-order valence-corrected chi connectivity index (χ2v) is 9.66. The summed E-state index contributed by atoms with van der Waals surface area (Å²) in [5.74, 6) is -4.66. The number of carbonyl (C=O) groups excluding carboxylic acids is 4. The highest BCUT2D eigenvalue weighted by Gasteiger charge is 2.74. The van der Waals surface area contributed by atoms with Crippen LogP contribution in [0.5, 0.6) is 5.75 Å². The largest absolute Gasteiger partial charge is 0.495 e. The van der Waals surface area contributed by atoms with Crippen LogP contribution < -0.4 is 9.64 Å². The summed E-state index contributed by atoms with van der Waals surface area (Å²) in [6, 6.07) is 18.3. The van der Waals surface area contributed by atoms with E-state index in [9.17, 15) is 19.2 Å². The summed E-state index contributed by atoms with van der Waals surface area (Å²) in [5, 5.41) is 0.296. The van der Waals surface area contributed by atoms with Gasteiger partial charge in [-0.05, 0) is 30.7 Å². The Morgan fingerprint density at radius 1 is 0.889 bits per heavy atom. The van der Waals surface area contributed by atoms with Crippen LogP contribution in [0.3, 0.4) is 0 Å². The van der Waals surface area contributed by atoms with E-state index in [1.54, 1.807) is 48.5 Å². The molecule has 3 aromatic rings. The van der Waals surface area contributed by atoms with Gasteiger partial charge in [0.1, 0.15) is 5.75 Å². The van der Waals surface area contributed by atoms with Crippen molar-refractivity contribution in [3.63, 3.8) is 0 Å². The first-order chi connectivity index (χ1) is 17.3. The third kappa shape index (κ3) is 2.84. The molecule has 3 aromatic carbocycles. The van der Waals surface area contributed by atoms with Crippen LogP contribution >= 0.6 is 11.6 Å². The van der Waals surface area contributed by atoms with Crippen molar-refractivity contribution in [2.75, 3.05) is 12.0 Å². The minimum absolute atomic E-state index is 0.156. The van der Waals surface area contributed by atoms with Gasteiger partial charge in [-0.2, -0.15) is 0 Å². The third-order valence-electron chi connectivity index (χ3n) is 7.27. The number of imide groups is 1. The van der Waals surface area contributed by atoms with Crippen LogP contribution in [0.4, 0.5) is 5.69 Å². The van der Waals surface area contributed by atoms with Crippen molar-refractivity contribution in [2.45, 2.75) is 18.6 Å². The Balaban J connectivity index is 1.57. The van der Waals surface area contributed by atoms with Gasteiger partial charge < -0.3 is 9.47 Å². The van der Waals surface area contributed by atoms with Gasteiger partial charge in [-0.1, -0.05) is 65.7 Å². The smallest absolute Gasteiger partial charge is 0.241 e. The second-order valence-electron chi connectivity index (χ2n) is 9.22. The van der Waals surface area contributed by atoms with Gasteiger partial charge in [-0.25, -0.2) is 4.90 Å². The fourth-order valence-corrected chi connectivity index (χ4v) is 5.91. The lowest BCUT2D eigenvalue weighted by Gasteiger charge is -2.27. The van der Waals surface area contributed by atoms with E-state index in [0.29, 0.717) is 10.6 Å². The topological polar surface area (TPSA) is 90.0 Å². The summed E-state index contributed by atoms with van der Waals surface area (Å²) in [6.07, 6.45) is -0.983. The lowest BCUT2D eigenvalue weighted by molar-refractivity contribution is -0.127. The molecule has 7 nitrogen and oxygen atoms in total. The summed E-state index contributed by atoms with van der Waals surface area (Å²) in [7, 11) is 1.42. The van der Waals surface area contributed by atoms with Gasteiger partial charge in [0.2, 0.25) is 29.0 Å². The van der Waals surface area contributed by atoms with E-state index in [2.05, 4.69) is 0 Å².